The molecule has 0 heterocycles. The fraction of sp³-hybridized carbons (Fsp3) is 0.267. The maximum Gasteiger partial charge on any atom is 0.149 e. The summed E-state index contributed by atoms with van der Waals surface area (Å²) in [5.41, 5.74) is 2.10. The van der Waals surface area contributed by atoms with Crippen molar-refractivity contribution in [3.05, 3.63) is 59.7 Å². The van der Waals surface area contributed by atoms with Crippen LogP contribution in [0.25, 0.3) is 0 Å². The molecule has 1 N–H and O–H groups in total. The number of aliphatic hydroxyl groups excluding tert-OH is 1. The number of aliphatic hydroxyl groups is 1. The van der Waals surface area contributed by atoms with E-state index >= 15 is 0 Å². The van der Waals surface area contributed by atoms with E-state index in [2.05, 4.69) is 18.2 Å². The Morgan fingerprint density at radius 3 is 2.47 bits per heavy atom. The Morgan fingerprint density at radius 2 is 2.00 bits per heavy atom. The van der Waals surface area contributed by atoms with Gasteiger partial charge in [-0.1, -0.05) is 48.6 Å². The van der Waals surface area contributed by atoms with Crippen LogP contribution in [-0.2, 0) is 4.79 Å². The fourth-order valence-electron chi connectivity index (χ4n) is 1.67. The fourth-order valence-corrected chi connectivity index (χ4v) is 1.67. The summed E-state index contributed by atoms with van der Waals surface area (Å²) in [6.45, 7) is 1.93. The summed E-state index contributed by atoms with van der Waals surface area (Å²) in [5, 5.41) is 7.57. The number of aldehydes is 1. The van der Waals surface area contributed by atoms with Crippen LogP contribution in [0.1, 0.15) is 24.8 Å². The third-order valence-electron chi connectivity index (χ3n) is 2.49. The van der Waals surface area contributed by atoms with Crippen LogP contribution in [0.5, 0.6) is 0 Å². The molecule has 0 bridgehead atoms. The van der Waals surface area contributed by atoms with Crippen LogP contribution in [0, 0.1) is 0 Å². The van der Waals surface area contributed by atoms with Gasteiger partial charge >= 0.3 is 0 Å². The van der Waals surface area contributed by atoms with E-state index in [9.17, 15) is 4.79 Å². The average molecular weight is 230 g/mol. The average Bonchev–Trinajstić information content (AvgIpc) is 2.41. The first-order valence-electron chi connectivity index (χ1n) is 5.81. The van der Waals surface area contributed by atoms with Gasteiger partial charge in [0.1, 0.15) is 6.29 Å². The van der Waals surface area contributed by atoms with E-state index in [0.717, 1.165) is 18.3 Å². The lowest BCUT2D eigenvalue weighted by Crippen LogP contribution is -1.98. The SMILES string of the molecule is CCO.O=CC1=CCC(c2ccccc2)C=C1. The van der Waals surface area contributed by atoms with E-state index in [0.29, 0.717) is 5.92 Å². The molecule has 0 amide bonds. The van der Waals surface area contributed by atoms with E-state index in [1.54, 1.807) is 6.92 Å². The molecule has 0 saturated heterocycles. The minimum Gasteiger partial charge on any atom is -0.397 e. The first-order chi connectivity index (χ1) is 8.31. The van der Waals surface area contributed by atoms with Crippen molar-refractivity contribution in [3.63, 3.8) is 0 Å². The molecule has 0 fully saturated rings. The molecule has 1 aliphatic carbocycles. The number of carbonyl (C=O) groups excluding carboxylic acids is 1. The molecule has 0 aromatic heterocycles. The Morgan fingerprint density at radius 1 is 1.35 bits per heavy atom. The Labute approximate surface area is 102 Å². The van der Waals surface area contributed by atoms with Crippen molar-refractivity contribution >= 4 is 6.29 Å². The highest BCUT2D eigenvalue weighted by Gasteiger charge is 2.09. The van der Waals surface area contributed by atoms with Crippen LogP contribution >= 0.6 is 0 Å². The van der Waals surface area contributed by atoms with Crippen molar-refractivity contribution < 1.29 is 9.90 Å². The minimum atomic E-state index is 0.250. The topological polar surface area (TPSA) is 37.3 Å². The highest BCUT2D eigenvalue weighted by atomic mass is 16.2. The predicted octanol–water partition coefficient (Wildman–Crippen LogP) is 2.85. The van der Waals surface area contributed by atoms with Gasteiger partial charge in [-0.25, -0.2) is 0 Å². The van der Waals surface area contributed by atoms with Crippen LogP contribution in [0.2, 0.25) is 0 Å². The van der Waals surface area contributed by atoms with E-state index in [4.69, 9.17) is 5.11 Å². The normalized spacial score (nSPS) is 17.8. The lowest BCUT2D eigenvalue weighted by molar-refractivity contribution is -0.104. The lowest BCUT2D eigenvalue weighted by atomic mass is 9.90. The maximum atomic E-state index is 10.5. The van der Waals surface area contributed by atoms with Crippen LogP contribution in [0.15, 0.2) is 54.1 Å². The van der Waals surface area contributed by atoms with Crippen molar-refractivity contribution in [2.45, 2.75) is 19.3 Å². The first kappa shape index (κ1) is 13.4. The first-order valence-corrected chi connectivity index (χ1v) is 5.81. The van der Waals surface area contributed by atoms with E-state index < -0.39 is 0 Å². The Kier molecular flexibility index (Phi) is 5.97. The molecule has 0 radical (unpaired) electrons. The molecule has 0 spiro atoms. The molecule has 1 aromatic rings. The van der Waals surface area contributed by atoms with Crippen LogP contribution < -0.4 is 0 Å². The number of hydrogen-bond donors (Lipinski definition) is 1. The molecule has 0 aliphatic heterocycles. The summed E-state index contributed by atoms with van der Waals surface area (Å²) in [4.78, 5) is 10.5. The van der Waals surface area contributed by atoms with Gasteiger partial charge in [0.05, 0.1) is 0 Å². The van der Waals surface area contributed by atoms with Gasteiger partial charge in [0.25, 0.3) is 0 Å². The molecule has 90 valence electrons. The van der Waals surface area contributed by atoms with Gasteiger partial charge in [0.15, 0.2) is 0 Å². The Hall–Kier alpha value is -1.67. The smallest absolute Gasteiger partial charge is 0.149 e. The van der Waals surface area contributed by atoms with Crippen LogP contribution in [-0.4, -0.2) is 18.0 Å². The van der Waals surface area contributed by atoms with Gasteiger partial charge in [0.2, 0.25) is 0 Å². The summed E-state index contributed by atoms with van der Waals surface area (Å²) < 4.78 is 0. The molecular formula is C15H18O2. The number of allylic oxidation sites excluding steroid dienone is 4. The molecule has 2 nitrogen and oxygen atoms in total. The minimum absolute atomic E-state index is 0.250. The molecule has 1 unspecified atom stereocenters. The molecular weight excluding hydrogens is 212 g/mol. The molecule has 2 heteroatoms. The van der Waals surface area contributed by atoms with Gasteiger partial charge in [-0.05, 0) is 18.9 Å². The number of carbonyl (C=O) groups is 1. The van der Waals surface area contributed by atoms with Gasteiger partial charge in [-0.15, -0.1) is 0 Å². The van der Waals surface area contributed by atoms with Crippen molar-refractivity contribution in [1.82, 2.24) is 0 Å². The summed E-state index contributed by atoms with van der Waals surface area (Å²) in [7, 11) is 0. The maximum absolute atomic E-state index is 10.5. The van der Waals surface area contributed by atoms with Gasteiger partial charge in [0, 0.05) is 18.1 Å². The zero-order chi connectivity index (χ0) is 12.5. The summed E-state index contributed by atoms with van der Waals surface area (Å²) >= 11 is 0. The molecule has 0 saturated carbocycles. The van der Waals surface area contributed by atoms with Gasteiger partial charge in [-0.3, -0.25) is 4.79 Å². The molecule has 1 atom stereocenters. The number of hydrogen-bond acceptors (Lipinski definition) is 2. The van der Waals surface area contributed by atoms with E-state index in [-0.39, 0.29) is 6.61 Å². The second kappa shape index (κ2) is 7.58. The third kappa shape index (κ3) is 4.37. The van der Waals surface area contributed by atoms with Crippen molar-refractivity contribution in [2.75, 3.05) is 6.61 Å². The van der Waals surface area contributed by atoms with Crippen molar-refractivity contribution in [1.29, 1.82) is 0 Å². The van der Waals surface area contributed by atoms with Crippen molar-refractivity contribution in [2.24, 2.45) is 0 Å². The third-order valence-corrected chi connectivity index (χ3v) is 2.49. The summed E-state index contributed by atoms with van der Waals surface area (Å²) in [5.74, 6) is 0.430. The van der Waals surface area contributed by atoms with Crippen LogP contribution in [0.4, 0.5) is 0 Å². The highest BCUT2D eigenvalue weighted by molar-refractivity contribution is 5.78. The van der Waals surface area contributed by atoms with E-state index in [1.165, 1.54) is 5.56 Å². The largest absolute Gasteiger partial charge is 0.397 e. The summed E-state index contributed by atoms with van der Waals surface area (Å²) in [6, 6.07) is 10.3. The monoisotopic (exact) mass is 230 g/mol. The van der Waals surface area contributed by atoms with Crippen molar-refractivity contribution in [3.8, 4) is 0 Å². The number of benzene rings is 1. The zero-order valence-electron chi connectivity index (χ0n) is 10.0. The quantitative estimate of drug-likeness (QED) is 0.793. The van der Waals surface area contributed by atoms with Gasteiger partial charge < -0.3 is 5.11 Å². The molecule has 17 heavy (non-hydrogen) atoms. The lowest BCUT2D eigenvalue weighted by Gasteiger charge is -2.14. The summed E-state index contributed by atoms with van der Waals surface area (Å²) in [6.07, 6.45) is 7.81. The molecule has 2 rings (SSSR count). The highest BCUT2D eigenvalue weighted by Crippen LogP contribution is 2.25. The Bertz CT molecular complexity index is 391. The van der Waals surface area contributed by atoms with E-state index in [1.807, 2.05) is 30.4 Å². The predicted molar refractivity (Wildman–Crippen MR) is 69.8 cm³/mol. The van der Waals surface area contributed by atoms with Crippen LogP contribution in [0.3, 0.4) is 0 Å². The molecule has 1 aliphatic rings. The second-order valence-electron chi connectivity index (χ2n) is 3.75. The van der Waals surface area contributed by atoms with Gasteiger partial charge in [-0.2, -0.15) is 0 Å². The standard InChI is InChI=1S/C13H12O.C2H6O/c14-10-11-6-8-13(9-7-11)12-4-2-1-3-5-12;1-2-3/h1-8,10,13H,9H2;3H,2H2,1H3. The molecule has 1 aromatic carbocycles. The number of rotatable bonds is 2. The second-order valence-corrected chi connectivity index (χ2v) is 3.75. The Balaban J connectivity index is 0.000000437. The zero-order valence-corrected chi connectivity index (χ0v) is 10.0.